The summed E-state index contributed by atoms with van der Waals surface area (Å²) in [6.07, 6.45) is 9.58. The summed E-state index contributed by atoms with van der Waals surface area (Å²) in [5, 5.41) is 5.14. The Morgan fingerprint density at radius 3 is 2.82 bits per heavy atom. The maximum atomic E-state index is 6.18. The van der Waals surface area contributed by atoms with Gasteiger partial charge in [0.2, 0.25) is 0 Å². The van der Waals surface area contributed by atoms with Crippen LogP contribution >= 0.6 is 0 Å². The van der Waals surface area contributed by atoms with Crippen molar-refractivity contribution in [3.63, 3.8) is 0 Å². The Bertz CT molecular complexity index is 680. The molecule has 0 spiro atoms. The molecule has 1 aromatic carbocycles. The predicted molar refractivity (Wildman–Crippen MR) is 92.2 cm³/mol. The van der Waals surface area contributed by atoms with Crippen molar-refractivity contribution in [2.24, 2.45) is 5.73 Å². The lowest BCUT2D eigenvalue weighted by atomic mass is 9.89. The van der Waals surface area contributed by atoms with Crippen LogP contribution in [0.1, 0.15) is 49.8 Å². The summed E-state index contributed by atoms with van der Waals surface area (Å²) in [7, 11) is 0. The fourth-order valence-electron chi connectivity index (χ4n) is 4.10. The molecule has 2 aliphatic carbocycles. The number of nitrogens with one attached hydrogen (secondary N) is 1. The molecule has 0 bridgehead atoms. The molecule has 3 N–H and O–H groups in total. The number of fused-ring (bicyclic) bond motifs is 2. The molecule has 3 nitrogen and oxygen atoms in total. The van der Waals surface area contributed by atoms with Crippen molar-refractivity contribution in [3.8, 4) is 0 Å². The standard InChI is InChI=1S/C19H25N3/c20-13-6-5-7-14(12-13)21-19-15-8-1-3-10-17(15)22-18-11-4-2-9-16(18)19/h1,3,8,10,13-14H,2,4-7,9,11-12,20H2,(H,21,22). The van der Waals surface area contributed by atoms with Crippen LogP contribution in [0.4, 0.5) is 5.69 Å². The van der Waals surface area contributed by atoms with Gasteiger partial charge in [-0.05, 0) is 63.0 Å². The van der Waals surface area contributed by atoms with Gasteiger partial charge in [-0.15, -0.1) is 0 Å². The van der Waals surface area contributed by atoms with Gasteiger partial charge in [-0.2, -0.15) is 0 Å². The van der Waals surface area contributed by atoms with Gasteiger partial charge < -0.3 is 11.1 Å². The number of hydrogen-bond acceptors (Lipinski definition) is 3. The summed E-state index contributed by atoms with van der Waals surface area (Å²) >= 11 is 0. The Morgan fingerprint density at radius 2 is 1.91 bits per heavy atom. The minimum atomic E-state index is 0.357. The molecule has 0 radical (unpaired) electrons. The lowest BCUT2D eigenvalue weighted by Crippen LogP contribution is -2.35. The van der Waals surface area contributed by atoms with Crippen LogP contribution in [0.3, 0.4) is 0 Å². The van der Waals surface area contributed by atoms with Gasteiger partial charge >= 0.3 is 0 Å². The number of nitrogens with two attached hydrogens (primary N) is 1. The molecule has 1 saturated carbocycles. The van der Waals surface area contributed by atoms with E-state index < -0.39 is 0 Å². The Hall–Kier alpha value is -1.61. The molecule has 3 heteroatoms. The van der Waals surface area contributed by atoms with E-state index in [-0.39, 0.29) is 0 Å². The maximum absolute atomic E-state index is 6.18. The molecule has 2 aromatic rings. The molecule has 22 heavy (non-hydrogen) atoms. The van der Waals surface area contributed by atoms with Gasteiger partial charge in [0.05, 0.1) is 5.52 Å². The zero-order chi connectivity index (χ0) is 14.9. The molecule has 1 fully saturated rings. The molecule has 2 unspecified atom stereocenters. The molecule has 0 saturated heterocycles. The number of rotatable bonds is 2. The largest absolute Gasteiger partial charge is 0.381 e. The molecule has 0 amide bonds. The third kappa shape index (κ3) is 2.58. The minimum Gasteiger partial charge on any atom is -0.381 e. The second-order valence-corrected chi connectivity index (χ2v) is 6.90. The average molecular weight is 295 g/mol. The third-order valence-corrected chi connectivity index (χ3v) is 5.23. The molecular formula is C19H25N3. The van der Waals surface area contributed by atoms with Gasteiger partial charge in [0.1, 0.15) is 0 Å². The molecule has 2 aliphatic rings. The molecular weight excluding hydrogens is 270 g/mol. The molecule has 116 valence electrons. The topological polar surface area (TPSA) is 50.9 Å². The summed E-state index contributed by atoms with van der Waals surface area (Å²) < 4.78 is 0. The lowest BCUT2D eigenvalue weighted by molar-refractivity contribution is 0.409. The molecule has 1 aromatic heterocycles. The molecule has 2 atom stereocenters. The van der Waals surface area contributed by atoms with Crippen LogP contribution in [0.25, 0.3) is 10.9 Å². The Kier molecular flexibility index (Phi) is 3.75. The van der Waals surface area contributed by atoms with Crippen molar-refractivity contribution in [2.45, 2.75) is 63.5 Å². The van der Waals surface area contributed by atoms with Crippen molar-refractivity contribution in [1.29, 1.82) is 0 Å². The summed E-state index contributed by atoms with van der Waals surface area (Å²) in [6, 6.07) is 9.43. The van der Waals surface area contributed by atoms with E-state index in [2.05, 4.69) is 29.6 Å². The normalized spacial score (nSPS) is 25.0. The van der Waals surface area contributed by atoms with Gasteiger partial charge in [0, 0.05) is 28.9 Å². The fourth-order valence-corrected chi connectivity index (χ4v) is 4.10. The Balaban J connectivity index is 1.77. The number of aryl methyl sites for hydroxylation is 1. The van der Waals surface area contributed by atoms with E-state index >= 15 is 0 Å². The predicted octanol–water partition coefficient (Wildman–Crippen LogP) is 3.80. The van der Waals surface area contributed by atoms with Crippen LogP contribution in [0.5, 0.6) is 0 Å². The molecule has 4 rings (SSSR count). The third-order valence-electron chi connectivity index (χ3n) is 5.23. The van der Waals surface area contributed by atoms with E-state index in [4.69, 9.17) is 10.7 Å². The number of nitrogens with zero attached hydrogens (tertiary/aromatic N) is 1. The average Bonchev–Trinajstić information content (AvgIpc) is 2.55. The number of benzene rings is 1. The van der Waals surface area contributed by atoms with Crippen LogP contribution in [-0.4, -0.2) is 17.1 Å². The van der Waals surface area contributed by atoms with Crippen molar-refractivity contribution >= 4 is 16.6 Å². The van der Waals surface area contributed by atoms with E-state index in [0.29, 0.717) is 12.1 Å². The second kappa shape index (κ2) is 5.88. The number of anilines is 1. The first-order valence-corrected chi connectivity index (χ1v) is 8.74. The van der Waals surface area contributed by atoms with Gasteiger partial charge in [-0.1, -0.05) is 18.2 Å². The summed E-state index contributed by atoms with van der Waals surface area (Å²) in [5.74, 6) is 0. The first kappa shape index (κ1) is 14.0. The van der Waals surface area contributed by atoms with E-state index in [1.165, 1.54) is 54.4 Å². The van der Waals surface area contributed by atoms with E-state index in [1.807, 2.05) is 0 Å². The SMILES string of the molecule is NC1CCCC(Nc2c3c(nc4ccccc24)CCCC3)C1. The fraction of sp³-hybridized carbons (Fsp3) is 0.526. The highest BCUT2D eigenvalue weighted by molar-refractivity contribution is 5.93. The van der Waals surface area contributed by atoms with E-state index in [1.54, 1.807) is 0 Å². The van der Waals surface area contributed by atoms with Crippen molar-refractivity contribution in [3.05, 3.63) is 35.5 Å². The van der Waals surface area contributed by atoms with Crippen LogP contribution < -0.4 is 11.1 Å². The van der Waals surface area contributed by atoms with Gasteiger partial charge in [-0.3, -0.25) is 4.98 Å². The van der Waals surface area contributed by atoms with Crippen LogP contribution in [-0.2, 0) is 12.8 Å². The van der Waals surface area contributed by atoms with Crippen molar-refractivity contribution in [1.82, 2.24) is 4.98 Å². The van der Waals surface area contributed by atoms with Gasteiger partial charge in [0.25, 0.3) is 0 Å². The lowest BCUT2D eigenvalue weighted by Gasteiger charge is -2.30. The van der Waals surface area contributed by atoms with Gasteiger partial charge in [-0.25, -0.2) is 0 Å². The maximum Gasteiger partial charge on any atom is 0.0726 e. The number of pyridine rings is 1. The highest BCUT2D eigenvalue weighted by Crippen LogP contribution is 2.35. The highest BCUT2D eigenvalue weighted by Gasteiger charge is 2.23. The van der Waals surface area contributed by atoms with Crippen molar-refractivity contribution in [2.75, 3.05) is 5.32 Å². The Morgan fingerprint density at radius 1 is 1.05 bits per heavy atom. The number of para-hydroxylation sites is 1. The minimum absolute atomic E-state index is 0.357. The molecule has 1 heterocycles. The molecule has 0 aliphatic heterocycles. The first-order valence-electron chi connectivity index (χ1n) is 8.74. The van der Waals surface area contributed by atoms with E-state index in [0.717, 1.165) is 24.8 Å². The zero-order valence-electron chi connectivity index (χ0n) is 13.1. The Labute approximate surface area is 132 Å². The number of hydrogen-bond donors (Lipinski definition) is 2. The number of aromatic nitrogens is 1. The zero-order valence-corrected chi connectivity index (χ0v) is 13.1. The smallest absolute Gasteiger partial charge is 0.0726 e. The monoisotopic (exact) mass is 295 g/mol. The van der Waals surface area contributed by atoms with Crippen LogP contribution in [0.2, 0.25) is 0 Å². The van der Waals surface area contributed by atoms with Crippen molar-refractivity contribution < 1.29 is 0 Å². The second-order valence-electron chi connectivity index (χ2n) is 6.90. The van der Waals surface area contributed by atoms with Crippen LogP contribution in [0.15, 0.2) is 24.3 Å². The summed E-state index contributed by atoms with van der Waals surface area (Å²) in [4.78, 5) is 4.92. The highest BCUT2D eigenvalue weighted by atomic mass is 14.9. The van der Waals surface area contributed by atoms with Crippen LogP contribution in [0, 0.1) is 0 Å². The van der Waals surface area contributed by atoms with E-state index in [9.17, 15) is 0 Å². The quantitative estimate of drug-likeness (QED) is 0.886. The summed E-state index contributed by atoms with van der Waals surface area (Å²) in [6.45, 7) is 0. The van der Waals surface area contributed by atoms with Gasteiger partial charge in [0.15, 0.2) is 0 Å². The first-order chi connectivity index (χ1) is 10.8. The summed E-state index contributed by atoms with van der Waals surface area (Å²) in [5.41, 5.74) is 11.4.